The van der Waals surface area contributed by atoms with Gasteiger partial charge in [0.25, 0.3) is 0 Å². The summed E-state index contributed by atoms with van der Waals surface area (Å²) >= 11 is 0. The second-order valence-electron chi connectivity index (χ2n) is 3.94. The van der Waals surface area contributed by atoms with E-state index in [1.165, 1.54) is 5.56 Å². The molecule has 84 valence electrons. The molecule has 0 radical (unpaired) electrons. The summed E-state index contributed by atoms with van der Waals surface area (Å²) < 4.78 is 0. The maximum atomic E-state index is 5.60. The van der Waals surface area contributed by atoms with E-state index in [-0.39, 0.29) is 0 Å². The maximum Gasteiger partial charge on any atom is 0.120 e. The SMILES string of the molecule is CCc1[nH]c(CN)nc1-c1cccc(C)c1. The highest BCUT2D eigenvalue weighted by molar-refractivity contribution is 5.63. The van der Waals surface area contributed by atoms with Gasteiger partial charge in [-0.2, -0.15) is 0 Å². The molecule has 0 amide bonds. The van der Waals surface area contributed by atoms with Crippen LogP contribution in [0.1, 0.15) is 24.0 Å². The van der Waals surface area contributed by atoms with E-state index in [0.29, 0.717) is 6.54 Å². The lowest BCUT2D eigenvalue weighted by atomic mass is 10.1. The molecule has 0 fully saturated rings. The van der Waals surface area contributed by atoms with Crippen molar-refractivity contribution in [2.75, 3.05) is 0 Å². The van der Waals surface area contributed by atoms with Gasteiger partial charge in [-0.1, -0.05) is 30.7 Å². The van der Waals surface area contributed by atoms with Crippen molar-refractivity contribution >= 4 is 0 Å². The number of aromatic nitrogens is 2. The second kappa shape index (κ2) is 4.49. The Morgan fingerprint density at radius 1 is 1.38 bits per heavy atom. The fourth-order valence-electron chi connectivity index (χ4n) is 1.85. The summed E-state index contributed by atoms with van der Waals surface area (Å²) in [5.41, 5.74) is 10.2. The van der Waals surface area contributed by atoms with Crippen molar-refractivity contribution in [1.29, 1.82) is 0 Å². The highest BCUT2D eigenvalue weighted by atomic mass is 15.0. The first kappa shape index (κ1) is 10.9. The van der Waals surface area contributed by atoms with Crippen molar-refractivity contribution in [3.8, 4) is 11.3 Å². The molecule has 0 spiro atoms. The lowest BCUT2D eigenvalue weighted by Gasteiger charge is -2.01. The van der Waals surface area contributed by atoms with Gasteiger partial charge in [-0.15, -0.1) is 0 Å². The van der Waals surface area contributed by atoms with E-state index >= 15 is 0 Å². The Labute approximate surface area is 95.7 Å². The number of aromatic amines is 1. The molecule has 0 aliphatic carbocycles. The van der Waals surface area contributed by atoms with E-state index in [9.17, 15) is 0 Å². The van der Waals surface area contributed by atoms with Gasteiger partial charge in [0.2, 0.25) is 0 Å². The summed E-state index contributed by atoms with van der Waals surface area (Å²) in [6, 6.07) is 8.38. The van der Waals surface area contributed by atoms with Gasteiger partial charge in [-0.3, -0.25) is 0 Å². The molecule has 0 saturated heterocycles. The quantitative estimate of drug-likeness (QED) is 0.826. The number of nitrogens with zero attached hydrogens (tertiary/aromatic N) is 1. The minimum absolute atomic E-state index is 0.457. The van der Waals surface area contributed by atoms with Crippen LogP contribution in [0.15, 0.2) is 24.3 Å². The van der Waals surface area contributed by atoms with Crippen LogP contribution in [0.4, 0.5) is 0 Å². The number of nitrogens with one attached hydrogen (secondary N) is 1. The summed E-state index contributed by atoms with van der Waals surface area (Å²) in [5, 5.41) is 0. The molecular formula is C13H17N3. The second-order valence-corrected chi connectivity index (χ2v) is 3.94. The molecule has 0 unspecified atom stereocenters. The van der Waals surface area contributed by atoms with E-state index in [1.807, 2.05) is 0 Å². The number of hydrogen-bond acceptors (Lipinski definition) is 2. The third-order valence-electron chi connectivity index (χ3n) is 2.67. The molecular weight excluding hydrogens is 198 g/mol. The van der Waals surface area contributed by atoms with Crippen LogP contribution in [0.2, 0.25) is 0 Å². The van der Waals surface area contributed by atoms with Crippen LogP contribution >= 0.6 is 0 Å². The summed E-state index contributed by atoms with van der Waals surface area (Å²) in [7, 11) is 0. The Morgan fingerprint density at radius 3 is 2.81 bits per heavy atom. The van der Waals surface area contributed by atoms with Crippen LogP contribution in [0.25, 0.3) is 11.3 Å². The molecule has 0 aliphatic rings. The lowest BCUT2D eigenvalue weighted by molar-refractivity contribution is 0.932. The summed E-state index contributed by atoms with van der Waals surface area (Å²) in [6.45, 7) is 4.66. The fraction of sp³-hybridized carbons (Fsp3) is 0.308. The molecule has 3 heteroatoms. The molecule has 1 aromatic carbocycles. The van der Waals surface area contributed by atoms with Crippen molar-refractivity contribution in [3.63, 3.8) is 0 Å². The highest BCUT2D eigenvalue weighted by Gasteiger charge is 2.09. The third-order valence-corrected chi connectivity index (χ3v) is 2.67. The minimum Gasteiger partial charge on any atom is -0.344 e. The van der Waals surface area contributed by atoms with Gasteiger partial charge in [-0.25, -0.2) is 4.98 Å². The molecule has 0 bridgehead atoms. The van der Waals surface area contributed by atoms with Gasteiger partial charge < -0.3 is 10.7 Å². The predicted octanol–water partition coefficient (Wildman–Crippen LogP) is 2.41. The monoisotopic (exact) mass is 215 g/mol. The normalized spacial score (nSPS) is 10.7. The molecule has 16 heavy (non-hydrogen) atoms. The zero-order valence-electron chi connectivity index (χ0n) is 9.75. The molecule has 0 saturated carbocycles. The van der Waals surface area contributed by atoms with Gasteiger partial charge in [-0.05, 0) is 19.4 Å². The first-order valence-corrected chi connectivity index (χ1v) is 5.59. The maximum absolute atomic E-state index is 5.60. The molecule has 0 aliphatic heterocycles. The number of benzene rings is 1. The summed E-state index contributed by atoms with van der Waals surface area (Å²) in [6.07, 6.45) is 0.941. The molecule has 3 nitrogen and oxygen atoms in total. The van der Waals surface area contributed by atoms with Crippen LogP contribution in [0.3, 0.4) is 0 Å². The molecule has 1 aromatic heterocycles. The Bertz CT molecular complexity index is 486. The van der Waals surface area contributed by atoms with Crippen LogP contribution in [-0.2, 0) is 13.0 Å². The van der Waals surface area contributed by atoms with Crippen LogP contribution in [-0.4, -0.2) is 9.97 Å². The minimum atomic E-state index is 0.457. The zero-order valence-corrected chi connectivity index (χ0v) is 9.75. The Balaban J connectivity index is 2.50. The van der Waals surface area contributed by atoms with Crippen molar-refractivity contribution in [2.45, 2.75) is 26.8 Å². The van der Waals surface area contributed by atoms with Gasteiger partial charge >= 0.3 is 0 Å². The molecule has 2 aromatic rings. The fourth-order valence-corrected chi connectivity index (χ4v) is 1.85. The number of H-pyrrole nitrogens is 1. The number of nitrogens with two attached hydrogens (primary N) is 1. The van der Waals surface area contributed by atoms with Gasteiger partial charge in [0.05, 0.1) is 12.2 Å². The molecule has 2 rings (SSSR count). The van der Waals surface area contributed by atoms with Crippen LogP contribution < -0.4 is 5.73 Å². The van der Waals surface area contributed by atoms with Gasteiger partial charge in [0.15, 0.2) is 0 Å². The summed E-state index contributed by atoms with van der Waals surface area (Å²) in [4.78, 5) is 7.79. The Morgan fingerprint density at radius 2 is 2.19 bits per heavy atom. The van der Waals surface area contributed by atoms with Gasteiger partial charge in [0.1, 0.15) is 5.82 Å². The van der Waals surface area contributed by atoms with Crippen molar-refractivity contribution in [3.05, 3.63) is 41.3 Å². The number of imidazole rings is 1. The topological polar surface area (TPSA) is 54.7 Å². The van der Waals surface area contributed by atoms with E-state index < -0.39 is 0 Å². The van der Waals surface area contributed by atoms with Crippen molar-refractivity contribution < 1.29 is 0 Å². The lowest BCUT2D eigenvalue weighted by Crippen LogP contribution is -1.98. The number of rotatable bonds is 3. The van der Waals surface area contributed by atoms with Crippen molar-refractivity contribution in [1.82, 2.24) is 9.97 Å². The summed E-state index contributed by atoms with van der Waals surface area (Å²) in [5.74, 6) is 0.855. The van der Waals surface area contributed by atoms with Crippen LogP contribution in [0.5, 0.6) is 0 Å². The van der Waals surface area contributed by atoms with E-state index in [1.54, 1.807) is 0 Å². The van der Waals surface area contributed by atoms with Crippen LogP contribution in [0, 0.1) is 6.92 Å². The zero-order chi connectivity index (χ0) is 11.5. The predicted molar refractivity (Wildman–Crippen MR) is 66.0 cm³/mol. The van der Waals surface area contributed by atoms with Crippen molar-refractivity contribution in [2.24, 2.45) is 5.73 Å². The first-order chi connectivity index (χ1) is 7.74. The largest absolute Gasteiger partial charge is 0.344 e. The Kier molecular flexibility index (Phi) is 3.06. The molecule has 3 N–H and O–H groups in total. The average molecular weight is 215 g/mol. The van der Waals surface area contributed by atoms with Gasteiger partial charge in [0, 0.05) is 11.3 Å². The van der Waals surface area contributed by atoms with E-state index in [4.69, 9.17) is 5.73 Å². The number of hydrogen-bond donors (Lipinski definition) is 2. The molecule has 1 heterocycles. The average Bonchev–Trinajstić information content (AvgIpc) is 2.72. The molecule has 0 atom stereocenters. The third kappa shape index (κ3) is 1.99. The Hall–Kier alpha value is -1.61. The highest BCUT2D eigenvalue weighted by Crippen LogP contribution is 2.22. The van der Waals surface area contributed by atoms with E-state index in [2.05, 4.69) is 48.1 Å². The van der Waals surface area contributed by atoms with E-state index in [0.717, 1.165) is 29.2 Å². The standard InChI is InChI=1S/C13H17N3/c1-3-11-13(16-12(8-14)15-11)10-6-4-5-9(2)7-10/h4-7H,3,8,14H2,1-2H3,(H,15,16). The first-order valence-electron chi connectivity index (χ1n) is 5.59. The number of aryl methyl sites for hydroxylation is 2. The smallest absolute Gasteiger partial charge is 0.120 e.